The molecule has 1 unspecified atom stereocenters. The number of aromatic nitrogens is 1. The zero-order valence-corrected chi connectivity index (χ0v) is 14.1. The van der Waals surface area contributed by atoms with Gasteiger partial charge < -0.3 is 9.64 Å². The fourth-order valence-electron chi connectivity index (χ4n) is 2.78. The third-order valence-electron chi connectivity index (χ3n) is 4.15. The standard InChI is InChI=1S/C18H20ClN3O2/c19-16-1-3-17(4-2-16)21-9-11-22(12-10-21)18(13-23)24-14-15-5-7-20-8-6-15/h1-8,13,18H,9-12,14H2. The first kappa shape index (κ1) is 16.9. The van der Waals surface area contributed by atoms with Gasteiger partial charge >= 0.3 is 0 Å². The third-order valence-corrected chi connectivity index (χ3v) is 4.40. The SMILES string of the molecule is O=CC(OCc1ccncc1)N1CCN(c2ccc(Cl)cc2)CC1. The lowest BCUT2D eigenvalue weighted by Crippen LogP contribution is -2.51. The van der Waals surface area contributed by atoms with E-state index < -0.39 is 6.23 Å². The first-order chi connectivity index (χ1) is 11.8. The van der Waals surface area contributed by atoms with E-state index in [4.69, 9.17) is 16.3 Å². The van der Waals surface area contributed by atoms with Crippen molar-refractivity contribution in [3.8, 4) is 0 Å². The molecule has 0 spiro atoms. The van der Waals surface area contributed by atoms with Crippen LogP contribution in [0.15, 0.2) is 48.8 Å². The predicted octanol–water partition coefficient (Wildman–Crippen LogP) is 2.60. The van der Waals surface area contributed by atoms with E-state index in [1.807, 2.05) is 36.4 Å². The van der Waals surface area contributed by atoms with Crippen molar-refractivity contribution in [3.05, 3.63) is 59.4 Å². The number of benzene rings is 1. The van der Waals surface area contributed by atoms with E-state index in [1.54, 1.807) is 12.4 Å². The van der Waals surface area contributed by atoms with E-state index in [0.29, 0.717) is 6.61 Å². The summed E-state index contributed by atoms with van der Waals surface area (Å²) in [5.74, 6) is 0. The summed E-state index contributed by atoms with van der Waals surface area (Å²) < 4.78 is 5.77. The minimum Gasteiger partial charge on any atom is -0.369 e. The normalized spacial score (nSPS) is 16.8. The van der Waals surface area contributed by atoms with Crippen molar-refractivity contribution < 1.29 is 9.53 Å². The van der Waals surface area contributed by atoms with E-state index in [-0.39, 0.29) is 0 Å². The number of piperazine rings is 1. The van der Waals surface area contributed by atoms with Gasteiger partial charge in [-0.05, 0) is 42.0 Å². The van der Waals surface area contributed by atoms with Crippen molar-refractivity contribution in [3.63, 3.8) is 0 Å². The molecule has 1 aromatic heterocycles. The zero-order valence-electron chi connectivity index (χ0n) is 13.3. The molecule has 3 rings (SSSR count). The van der Waals surface area contributed by atoms with Crippen LogP contribution in [-0.2, 0) is 16.1 Å². The minimum atomic E-state index is -0.509. The Morgan fingerprint density at radius 3 is 2.38 bits per heavy atom. The van der Waals surface area contributed by atoms with Crippen LogP contribution in [0.1, 0.15) is 5.56 Å². The lowest BCUT2D eigenvalue weighted by atomic mass is 10.2. The van der Waals surface area contributed by atoms with Gasteiger partial charge in [-0.2, -0.15) is 0 Å². The van der Waals surface area contributed by atoms with Gasteiger partial charge in [-0.25, -0.2) is 0 Å². The maximum Gasteiger partial charge on any atom is 0.167 e. The summed E-state index contributed by atoms with van der Waals surface area (Å²) >= 11 is 5.93. The minimum absolute atomic E-state index is 0.406. The summed E-state index contributed by atoms with van der Waals surface area (Å²) in [5, 5.41) is 0.739. The second-order valence-electron chi connectivity index (χ2n) is 5.69. The summed E-state index contributed by atoms with van der Waals surface area (Å²) in [4.78, 5) is 19.7. The molecule has 6 heteroatoms. The second kappa shape index (κ2) is 8.24. The van der Waals surface area contributed by atoms with Gasteiger partial charge in [0.2, 0.25) is 0 Å². The Balaban J connectivity index is 1.52. The van der Waals surface area contributed by atoms with E-state index in [9.17, 15) is 4.79 Å². The number of nitrogens with zero attached hydrogens (tertiary/aromatic N) is 3. The number of aldehydes is 1. The summed E-state index contributed by atoms with van der Waals surface area (Å²) in [5.41, 5.74) is 2.16. The molecule has 5 nitrogen and oxygen atoms in total. The number of ether oxygens (including phenoxy) is 1. The quantitative estimate of drug-likeness (QED) is 0.753. The summed E-state index contributed by atoms with van der Waals surface area (Å²) in [6, 6.07) is 11.6. The van der Waals surface area contributed by atoms with Gasteiger partial charge in [-0.1, -0.05) is 11.6 Å². The summed E-state index contributed by atoms with van der Waals surface area (Å²) in [6.07, 6.45) is 3.81. The molecule has 0 aliphatic carbocycles. The maximum atomic E-state index is 11.4. The highest BCUT2D eigenvalue weighted by Crippen LogP contribution is 2.20. The van der Waals surface area contributed by atoms with Gasteiger partial charge in [0.15, 0.2) is 12.5 Å². The molecular formula is C18H20ClN3O2. The van der Waals surface area contributed by atoms with Crippen LogP contribution in [0.4, 0.5) is 5.69 Å². The van der Waals surface area contributed by atoms with Gasteiger partial charge in [-0.3, -0.25) is 14.7 Å². The highest BCUT2D eigenvalue weighted by Gasteiger charge is 2.24. The molecule has 2 aromatic rings. The smallest absolute Gasteiger partial charge is 0.167 e. The Bertz CT molecular complexity index is 643. The average molecular weight is 346 g/mol. The van der Waals surface area contributed by atoms with Crippen LogP contribution >= 0.6 is 11.6 Å². The number of hydrogen-bond donors (Lipinski definition) is 0. The zero-order chi connectivity index (χ0) is 16.8. The largest absolute Gasteiger partial charge is 0.369 e. The van der Waals surface area contributed by atoms with Crippen molar-refractivity contribution in [2.24, 2.45) is 0 Å². The van der Waals surface area contributed by atoms with E-state index in [1.165, 1.54) is 0 Å². The van der Waals surface area contributed by atoms with Crippen molar-refractivity contribution in [2.75, 3.05) is 31.1 Å². The molecule has 1 aromatic carbocycles. The van der Waals surface area contributed by atoms with Crippen LogP contribution in [0, 0.1) is 0 Å². The van der Waals surface area contributed by atoms with E-state index in [2.05, 4.69) is 14.8 Å². The molecule has 2 heterocycles. The van der Waals surface area contributed by atoms with Gasteiger partial charge in [-0.15, -0.1) is 0 Å². The van der Waals surface area contributed by atoms with Crippen molar-refractivity contribution >= 4 is 23.6 Å². The molecule has 0 bridgehead atoms. The number of anilines is 1. The number of halogens is 1. The lowest BCUT2D eigenvalue weighted by molar-refractivity contribution is -0.133. The first-order valence-corrected chi connectivity index (χ1v) is 8.34. The van der Waals surface area contributed by atoms with Gasteiger partial charge in [0.05, 0.1) is 6.61 Å². The van der Waals surface area contributed by atoms with Crippen LogP contribution in [0.3, 0.4) is 0 Å². The average Bonchev–Trinajstić information content (AvgIpc) is 2.64. The van der Waals surface area contributed by atoms with E-state index in [0.717, 1.165) is 48.7 Å². The molecule has 0 amide bonds. The van der Waals surface area contributed by atoms with Crippen molar-refractivity contribution in [2.45, 2.75) is 12.8 Å². The predicted molar refractivity (Wildman–Crippen MR) is 94.1 cm³/mol. The van der Waals surface area contributed by atoms with Gasteiger partial charge in [0.1, 0.15) is 0 Å². The number of rotatable bonds is 6. The molecule has 126 valence electrons. The first-order valence-electron chi connectivity index (χ1n) is 7.96. The number of carbonyl (C=O) groups is 1. The molecule has 1 fully saturated rings. The van der Waals surface area contributed by atoms with Crippen LogP contribution < -0.4 is 4.90 Å². The number of hydrogen-bond acceptors (Lipinski definition) is 5. The molecule has 1 aliphatic heterocycles. The molecule has 24 heavy (non-hydrogen) atoms. The molecule has 1 aliphatic rings. The molecule has 1 atom stereocenters. The van der Waals surface area contributed by atoms with E-state index >= 15 is 0 Å². The third kappa shape index (κ3) is 4.32. The molecule has 0 saturated carbocycles. The molecule has 1 saturated heterocycles. The van der Waals surface area contributed by atoms with Crippen LogP contribution in [0.5, 0.6) is 0 Å². The Kier molecular flexibility index (Phi) is 5.80. The highest BCUT2D eigenvalue weighted by atomic mass is 35.5. The van der Waals surface area contributed by atoms with Crippen molar-refractivity contribution in [1.29, 1.82) is 0 Å². The van der Waals surface area contributed by atoms with Crippen LogP contribution in [0.25, 0.3) is 0 Å². The number of pyridine rings is 1. The fourth-order valence-corrected chi connectivity index (χ4v) is 2.90. The lowest BCUT2D eigenvalue weighted by Gasteiger charge is -2.38. The maximum absolute atomic E-state index is 11.4. The highest BCUT2D eigenvalue weighted by molar-refractivity contribution is 6.30. The Hall–Kier alpha value is -1.95. The Morgan fingerprint density at radius 2 is 1.75 bits per heavy atom. The molecule has 0 radical (unpaired) electrons. The summed E-state index contributed by atoms with van der Waals surface area (Å²) in [7, 11) is 0. The molecular weight excluding hydrogens is 326 g/mol. The Labute approximate surface area is 146 Å². The van der Waals surface area contributed by atoms with Gasteiger partial charge in [0, 0.05) is 49.3 Å². The second-order valence-corrected chi connectivity index (χ2v) is 6.13. The van der Waals surface area contributed by atoms with Gasteiger partial charge in [0.25, 0.3) is 0 Å². The molecule has 0 N–H and O–H groups in total. The number of carbonyl (C=O) groups excluding carboxylic acids is 1. The fraction of sp³-hybridized carbons (Fsp3) is 0.333. The van der Waals surface area contributed by atoms with Crippen LogP contribution in [0.2, 0.25) is 5.02 Å². The van der Waals surface area contributed by atoms with Crippen LogP contribution in [-0.4, -0.2) is 48.6 Å². The summed E-state index contributed by atoms with van der Waals surface area (Å²) in [6.45, 7) is 3.67. The monoisotopic (exact) mass is 345 g/mol. The Morgan fingerprint density at radius 1 is 1.08 bits per heavy atom. The van der Waals surface area contributed by atoms with Crippen molar-refractivity contribution in [1.82, 2.24) is 9.88 Å². The topological polar surface area (TPSA) is 45.7 Å².